The number of nitrogens with one attached hydrogen (secondary N) is 1. The molecule has 0 amide bonds. The number of H-pyrrole nitrogens is 1. The highest BCUT2D eigenvalue weighted by molar-refractivity contribution is 7.22. The van der Waals surface area contributed by atoms with Crippen LogP contribution in [-0.2, 0) is 11.3 Å². The lowest BCUT2D eigenvalue weighted by Crippen LogP contribution is -2.38. The van der Waals surface area contributed by atoms with Crippen molar-refractivity contribution in [3.05, 3.63) is 62.7 Å². The fraction of sp³-hybridized carbons (Fsp3) is 0.348. The van der Waals surface area contributed by atoms with E-state index in [0.29, 0.717) is 20.6 Å². The summed E-state index contributed by atoms with van der Waals surface area (Å²) in [6.07, 6.45) is -8.75. The average molecular weight is 579 g/mol. The van der Waals surface area contributed by atoms with E-state index in [0.717, 1.165) is 11.3 Å². The molecule has 1 aliphatic carbocycles. The third-order valence-electron chi connectivity index (χ3n) is 5.63. The molecular weight excluding hydrogens is 560 g/mol. The quantitative estimate of drug-likeness (QED) is 0.404. The number of alkyl halides is 6. The molecular formula is C23H19F6N3O6S. The van der Waals surface area contributed by atoms with E-state index in [1.54, 1.807) is 0 Å². The standard InChI is InChI=1S/C23H19F6N3O6S/c1-10-16-18(34)31-21(35)32(9-15(33)22(24,25)26)20(16)39-17(10)11-7-14(36-2)19(30-8-11)37-12-3-5-13(6-4-12)38-23(27,28)29/h3-5,7-8,13,15,33H,6,9H2,1-2H3,(H,31,34,35). The first-order chi connectivity index (χ1) is 18.2. The number of fused-ring (bicyclic) bond motifs is 1. The van der Waals surface area contributed by atoms with Crippen molar-refractivity contribution >= 4 is 21.6 Å². The number of allylic oxidation sites excluding steroid dienone is 1. The Kier molecular flexibility index (Phi) is 7.64. The number of aryl methyl sites for hydroxylation is 1. The van der Waals surface area contributed by atoms with E-state index in [-0.39, 0.29) is 34.0 Å². The summed E-state index contributed by atoms with van der Waals surface area (Å²) < 4.78 is 91.6. The van der Waals surface area contributed by atoms with Crippen molar-refractivity contribution in [1.29, 1.82) is 0 Å². The van der Waals surface area contributed by atoms with Crippen molar-refractivity contribution in [3.8, 4) is 22.1 Å². The van der Waals surface area contributed by atoms with E-state index < -0.39 is 42.5 Å². The van der Waals surface area contributed by atoms with Gasteiger partial charge in [-0.05, 0) is 37.1 Å². The smallest absolute Gasteiger partial charge is 0.491 e. The molecule has 0 bridgehead atoms. The predicted octanol–water partition coefficient (Wildman–Crippen LogP) is 4.18. The molecule has 0 fully saturated rings. The lowest BCUT2D eigenvalue weighted by atomic mass is 10.1. The molecule has 16 heteroatoms. The van der Waals surface area contributed by atoms with Crippen LogP contribution in [0.3, 0.4) is 0 Å². The molecule has 0 saturated heterocycles. The van der Waals surface area contributed by atoms with Crippen molar-refractivity contribution < 1.29 is 45.7 Å². The lowest BCUT2D eigenvalue weighted by molar-refractivity contribution is -0.336. The molecule has 0 aliphatic heterocycles. The normalized spacial score (nSPS) is 16.8. The fourth-order valence-electron chi connectivity index (χ4n) is 3.80. The van der Waals surface area contributed by atoms with Gasteiger partial charge in [0.15, 0.2) is 11.9 Å². The van der Waals surface area contributed by atoms with Gasteiger partial charge < -0.3 is 14.6 Å². The van der Waals surface area contributed by atoms with E-state index in [4.69, 9.17) is 9.47 Å². The number of pyridine rings is 1. The van der Waals surface area contributed by atoms with Crippen LogP contribution in [0.4, 0.5) is 26.3 Å². The maximum atomic E-state index is 12.9. The number of nitrogens with zero attached hydrogens (tertiary/aromatic N) is 2. The average Bonchev–Trinajstić information content (AvgIpc) is 3.19. The van der Waals surface area contributed by atoms with Gasteiger partial charge in [0.25, 0.3) is 11.4 Å². The molecule has 2 atom stereocenters. The monoisotopic (exact) mass is 579 g/mol. The first-order valence-electron chi connectivity index (χ1n) is 11.0. The number of hydrogen-bond acceptors (Lipinski definition) is 8. The number of aliphatic hydroxyl groups excluding tert-OH is 1. The number of aliphatic hydroxyl groups is 1. The van der Waals surface area contributed by atoms with Crippen LogP contribution in [-0.4, -0.2) is 51.5 Å². The molecule has 2 unspecified atom stereocenters. The number of aromatic amines is 1. The van der Waals surface area contributed by atoms with Crippen LogP contribution >= 0.6 is 11.3 Å². The van der Waals surface area contributed by atoms with Gasteiger partial charge in [0, 0.05) is 16.6 Å². The molecule has 3 aromatic heterocycles. The molecule has 0 radical (unpaired) electrons. The van der Waals surface area contributed by atoms with Crippen LogP contribution in [0.1, 0.15) is 12.0 Å². The minimum absolute atomic E-state index is 0.0311. The van der Waals surface area contributed by atoms with Crippen molar-refractivity contribution in [2.45, 2.75) is 44.6 Å². The summed E-state index contributed by atoms with van der Waals surface area (Å²) in [6, 6.07) is 1.48. The van der Waals surface area contributed by atoms with E-state index in [1.807, 2.05) is 4.98 Å². The topological polar surface area (TPSA) is 116 Å². The summed E-state index contributed by atoms with van der Waals surface area (Å²) in [7, 11) is 1.31. The Labute approximate surface area is 218 Å². The molecule has 2 N–H and O–H groups in total. The molecule has 3 aromatic rings. The first-order valence-corrected chi connectivity index (χ1v) is 11.9. The summed E-state index contributed by atoms with van der Waals surface area (Å²) in [6.45, 7) is 0.410. The zero-order valence-electron chi connectivity index (χ0n) is 20.0. The van der Waals surface area contributed by atoms with E-state index in [1.165, 1.54) is 44.5 Å². The fourth-order valence-corrected chi connectivity index (χ4v) is 5.09. The Balaban J connectivity index is 1.66. The summed E-state index contributed by atoms with van der Waals surface area (Å²) in [5.74, 6) is 0.257. The van der Waals surface area contributed by atoms with Gasteiger partial charge in [-0.3, -0.25) is 19.1 Å². The number of methoxy groups -OCH3 is 1. The Bertz CT molecular complexity index is 1570. The van der Waals surface area contributed by atoms with Crippen LogP contribution in [0.5, 0.6) is 11.6 Å². The van der Waals surface area contributed by atoms with Gasteiger partial charge in [-0.2, -0.15) is 13.2 Å². The third-order valence-corrected chi connectivity index (χ3v) is 6.99. The molecule has 0 aromatic carbocycles. The van der Waals surface area contributed by atoms with Crippen LogP contribution in [0.15, 0.2) is 45.8 Å². The van der Waals surface area contributed by atoms with Crippen LogP contribution < -0.4 is 20.7 Å². The summed E-state index contributed by atoms with van der Waals surface area (Å²) in [5.41, 5.74) is -1.20. The van der Waals surface area contributed by atoms with Crippen LogP contribution in [0.25, 0.3) is 20.7 Å². The van der Waals surface area contributed by atoms with Crippen molar-refractivity contribution in [2.24, 2.45) is 0 Å². The molecule has 1 aliphatic rings. The van der Waals surface area contributed by atoms with Crippen molar-refractivity contribution in [2.75, 3.05) is 7.11 Å². The largest absolute Gasteiger partial charge is 0.523 e. The number of rotatable bonds is 7. The third kappa shape index (κ3) is 6.17. The Morgan fingerprint density at radius 2 is 1.97 bits per heavy atom. The van der Waals surface area contributed by atoms with Gasteiger partial charge in [0.1, 0.15) is 10.6 Å². The van der Waals surface area contributed by atoms with E-state index in [2.05, 4.69) is 9.72 Å². The highest BCUT2D eigenvalue weighted by atomic mass is 32.1. The minimum atomic E-state index is -4.99. The summed E-state index contributed by atoms with van der Waals surface area (Å²) in [5, 5.41) is 9.47. The second-order valence-electron chi connectivity index (χ2n) is 8.30. The molecule has 0 spiro atoms. The number of thiophene rings is 1. The minimum Gasteiger partial charge on any atom is -0.491 e. The SMILES string of the molecule is COc1cc(-c2sc3c(c2C)c(=O)[nH]c(=O)n3CC(O)C(F)(F)F)cnc1OC1=CCC(OC(F)(F)F)C=C1. The number of aromatic nitrogens is 3. The van der Waals surface area contributed by atoms with Crippen molar-refractivity contribution in [1.82, 2.24) is 14.5 Å². The first kappa shape index (κ1) is 28.4. The van der Waals surface area contributed by atoms with Gasteiger partial charge >= 0.3 is 18.2 Å². The van der Waals surface area contributed by atoms with Gasteiger partial charge in [0.05, 0.1) is 25.1 Å². The summed E-state index contributed by atoms with van der Waals surface area (Å²) >= 11 is 0.850. The highest BCUT2D eigenvalue weighted by Gasteiger charge is 2.39. The van der Waals surface area contributed by atoms with Crippen molar-refractivity contribution in [3.63, 3.8) is 0 Å². The molecule has 0 saturated carbocycles. The maximum Gasteiger partial charge on any atom is 0.523 e. The second kappa shape index (κ2) is 10.5. The Morgan fingerprint density at radius 1 is 1.26 bits per heavy atom. The van der Waals surface area contributed by atoms with E-state index in [9.17, 15) is 41.0 Å². The van der Waals surface area contributed by atoms with Gasteiger partial charge in [0.2, 0.25) is 0 Å². The van der Waals surface area contributed by atoms with Gasteiger partial charge in [-0.15, -0.1) is 24.5 Å². The van der Waals surface area contributed by atoms with Gasteiger partial charge in [-0.25, -0.2) is 9.78 Å². The number of halogens is 6. The van der Waals surface area contributed by atoms with Crippen LogP contribution in [0.2, 0.25) is 0 Å². The molecule has 3 heterocycles. The Hall–Kier alpha value is -3.63. The van der Waals surface area contributed by atoms with Crippen LogP contribution in [0, 0.1) is 6.92 Å². The number of hydrogen-bond donors (Lipinski definition) is 2. The molecule has 4 rings (SSSR count). The highest BCUT2D eigenvalue weighted by Crippen LogP contribution is 2.39. The van der Waals surface area contributed by atoms with Gasteiger partial charge in [-0.1, -0.05) is 6.08 Å². The predicted molar refractivity (Wildman–Crippen MR) is 127 cm³/mol. The van der Waals surface area contributed by atoms with E-state index >= 15 is 0 Å². The zero-order chi connectivity index (χ0) is 28.7. The maximum absolute atomic E-state index is 12.9. The Morgan fingerprint density at radius 3 is 2.56 bits per heavy atom. The zero-order valence-corrected chi connectivity index (χ0v) is 20.8. The molecule has 9 nitrogen and oxygen atoms in total. The summed E-state index contributed by atoms with van der Waals surface area (Å²) in [4.78, 5) is 31.3. The lowest BCUT2D eigenvalue weighted by Gasteiger charge is -2.18. The molecule has 210 valence electrons. The second-order valence-corrected chi connectivity index (χ2v) is 9.30. The number of ether oxygens (including phenoxy) is 3. The molecule has 39 heavy (non-hydrogen) atoms.